The molecule has 1 amide bonds. The van der Waals surface area contributed by atoms with Crippen LogP contribution in [0.4, 0.5) is 10.1 Å². The van der Waals surface area contributed by atoms with Crippen LogP contribution in [0.3, 0.4) is 0 Å². The van der Waals surface area contributed by atoms with E-state index in [0.29, 0.717) is 23.0 Å². The molecular formula is C21H20FN3O4. The molecule has 1 heterocycles. The summed E-state index contributed by atoms with van der Waals surface area (Å²) in [5.74, 6) is -1.67. The molecule has 0 atom stereocenters. The van der Waals surface area contributed by atoms with Gasteiger partial charge in [-0.15, -0.1) is 0 Å². The molecular weight excluding hydrogens is 377 g/mol. The van der Waals surface area contributed by atoms with Crippen molar-refractivity contribution in [2.45, 2.75) is 20.4 Å². The molecule has 0 radical (unpaired) electrons. The highest BCUT2D eigenvalue weighted by Crippen LogP contribution is 2.16. The normalized spacial score (nSPS) is 10.7. The Morgan fingerprint density at radius 3 is 2.34 bits per heavy atom. The van der Waals surface area contributed by atoms with Crippen LogP contribution in [0.5, 0.6) is 0 Å². The zero-order valence-electron chi connectivity index (χ0n) is 16.1. The van der Waals surface area contributed by atoms with Crippen LogP contribution < -0.4 is 10.5 Å². The number of ether oxygens (including phenoxy) is 1. The number of benzene rings is 2. The molecule has 0 aliphatic rings. The van der Waals surface area contributed by atoms with Crippen molar-refractivity contribution in [1.82, 2.24) is 9.78 Å². The van der Waals surface area contributed by atoms with E-state index in [1.165, 1.54) is 33.8 Å². The standard InChI is InChI=1S/C21H20FN3O4/c1-3-24(15-11-9-14(22)10-12-15)18(26)13-29-21(28)19-16-7-5-6-8-17(16)20(27)25(4-2)23-19/h5-12H,3-4,13H2,1-2H3. The van der Waals surface area contributed by atoms with Crippen molar-refractivity contribution in [1.29, 1.82) is 0 Å². The number of hydrogen-bond donors (Lipinski definition) is 0. The van der Waals surface area contributed by atoms with Gasteiger partial charge in [-0.3, -0.25) is 9.59 Å². The summed E-state index contributed by atoms with van der Waals surface area (Å²) >= 11 is 0. The molecule has 0 spiro atoms. The molecule has 0 fully saturated rings. The van der Waals surface area contributed by atoms with Crippen LogP contribution in [0.2, 0.25) is 0 Å². The number of carbonyl (C=O) groups excluding carboxylic acids is 2. The first kappa shape index (κ1) is 20.2. The lowest BCUT2D eigenvalue weighted by Gasteiger charge is -2.20. The number of nitrogens with zero attached hydrogens (tertiary/aromatic N) is 3. The molecule has 0 aliphatic carbocycles. The Labute approximate surface area is 166 Å². The number of aromatic nitrogens is 2. The van der Waals surface area contributed by atoms with Crippen molar-refractivity contribution in [3.8, 4) is 0 Å². The van der Waals surface area contributed by atoms with Crippen molar-refractivity contribution < 1.29 is 18.7 Å². The molecule has 8 heteroatoms. The third-order valence-electron chi connectivity index (χ3n) is 4.44. The molecule has 3 rings (SSSR count). The van der Waals surface area contributed by atoms with Gasteiger partial charge in [0, 0.05) is 24.2 Å². The van der Waals surface area contributed by atoms with Gasteiger partial charge in [-0.2, -0.15) is 5.10 Å². The second-order valence-electron chi connectivity index (χ2n) is 6.21. The smallest absolute Gasteiger partial charge is 0.359 e. The Bertz CT molecular complexity index is 1110. The average Bonchev–Trinajstić information content (AvgIpc) is 2.74. The minimum atomic E-state index is -0.799. The summed E-state index contributed by atoms with van der Waals surface area (Å²) in [4.78, 5) is 38.9. The molecule has 150 valence electrons. The van der Waals surface area contributed by atoms with Gasteiger partial charge >= 0.3 is 5.97 Å². The van der Waals surface area contributed by atoms with Crippen LogP contribution in [0.25, 0.3) is 10.8 Å². The number of rotatable bonds is 6. The minimum Gasteiger partial charge on any atom is -0.451 e. The number of likely N-dealkylation sites (N-methyl/N-ethyl adjacent to an activating group) is 1. The molecule has 2 aromatic carbocycles. The van der Waals surface area contributed by atoms with Gasteiger partial charge in [0.2, 0.25) is 0 Å². The van der Waals surface area contributed by atoms with Gasteiger partial charge in [0.15, 0.2) is 12.3 Å². The van der Waals surface area contributed by atoms with Gasteiger partial charge in [0.1, 0.15) is 5.82 Å². The van der Waals surface area contributed by atoms with Crippen molar-refractivity contribution in [3.05, 3.63) is 70.4 Å². The number of aryl methyl sites for hydroxylation is 1. The van der Waals surface area contributed by atoms with Crippen LogP contribution in [-0.4, -0.2) is 34.8 Å². The second kappa shape index (κ2) is 8.64. The lowest BCUT2D eigenvalue weighted by Crippen LogP contribution is -2.35. The lowest BCUT2D eigenvalue weighted by atomic mass is 10.1. The Balaban J connectivity index is 1.82. The highest BCUT2D eigenvalue weighted by Gasteiger charge is 2.21. The summed E-state index contributed by atoms with van der Waals surface area (Å²) in [6.07, 6.45) is 0. The van der Waals surface area contributed by atoms with Crippen LogP contribution in [0, 0.1) is 5.82 Å². The largest absolute Gasteiger partial charge is 0.451 e. The number of hydrogen-bond acceptors (Lipinski definition) is 5. The van der Waals surface area contributed by atoms with E-state index < -0.39 is 24.3 Å². The summed E-state index contributed by atoms with van der Waals surface area (Å²) in [6, 6.07) is 12.1. The van der Waals surface area contributed by atoms with E-state index >= 15 is 0 Å². The average molecular weight is 397 g/mol. The number of anilines is 1. The van der Waals surface area contributed by atoms with Crippen LogP contribution >= 0.6 is 0 Å². The molecule has 29 heavy (non-hydrogen) atoms. The van der Waals surface area contributed by atoms with E-state index in [-0.39, 0.29) is 17.8 Å². The minimum absolute atomic E-state index is 0.0281. The Morgan fingerprint density at radius 2 is 1.72 bits per heavy atom. The van der Waals surface area contributed by atoms with Crippen molar-refractivity contribution >= 4 is 28.3 Å². The number of amides is 1. The zero-order chi connectivity index (χ0) is 21.0. The molecule has 0 unspecified atom stereocenters. The third-order valence-corrected chi connectivity index (χ3v) is 4.44. The first-order chi connectivity index (χ1) is 14.0. The highest BCUT2D eigenvalue weighted by molar-refractivity contribution is 6.03. The van der Waals surface area contributed by atoms with Crippen molar-refractivity contribution in [2.24, 2.45) is 0 Å². The molecule has 0 aliphatic heterocycles. The fourth-order valence-electron chi connectivity index (χ4n) is 3.00. The van der Waals surface area contributed by atoms with Gasteiger partial charge in [-0.25, -0.2) is 13.9 Å². The van der Waals surface area contributed by atoms with E-state index in [1.807, 2.05) is 0 Å². The van der Waals surface area contributed by atoms with E-state index in [1.54, 1.807) is 38.1 Å². The van der Waals surface area contributed by atoms with Gasteiger partial charge in [0.05, 0.1) is 5.39 Å². The highest BCUT2D eigenvalue weighted by atomic mass is 19.1. The molecule has 0 saturated carbocycles. The predicted molar refractivity (Wildman–Crippen MR) is 106 cm³/mol. The number of carbonyl (C=O) groups is 2. The van der Waals surface area contributed by atoms with Crippen molar-refractivity contribution in [2.75, 3.05) is 18.1 Å². The van der Waals surface area contributed by atoms with E-state index in [4.69, 9.17) is 4.74 Å². The Kier molecular flexibility index (Phi) is 6.01. The van der Waals surface area contributed by atoms with E-state index in [9.17, 15) is 18.8 Å². The summed E-state index contributed by atoms with van der Waals surface area (Å²) in [5, 5.41) is 4.81. The Morgan fingerprint density at radius 1 is 1.07 bits per heavy atom. The zero-order valence-corrected chi connectivity index (χ0v) is 16.1. The number of fused-ring (bicyclic) bond motifs is 1. The summed E-state index contributed by atoms with van der Waals surface area (Å²) < 4.78 is 19.5. The van der Waals surface area contributed by atoms with Gasteiger partial charge < -0.3 is 9.64 Å². The van der Waals surface area contributed by atoms with E-state index in [2.05, 4.69) is 5.10 Å². The number of esters is 1. The molecule has 3 aromatic rings. The van der Waals surface area contributed by atoms with E-state index in [0.717, 1.165) is 0 Å². The monoisotopic (exact) mass is 397 g/mol. The quantitative estimate of drug-likeness (QED) is 0.598. The van der Waals surface area contributed by atoms with Crippen molar-refractivity contribution in [3.63, 3.8) is 0 Å². The van der Waals surface area contributed by atoms with Gasteiger partial charge in [-0.1, -0.05) is 18.2 Å². The van der Waals surface area contributed by atoms with Gasteiger partial charge in [0.25, 0.3) is 11.5 Å². The second-order valence-corrected chi connectivity index (χ2v) is 6.21. The van der Waals surface area contributed by atoms with Gasteiger partial charge in [-0.05, 0) is 44.2 Å². The lowest BCUT2D eigenvalue weighted by molar-refractivity contribution is -0.121. The third kappa shape index (κ3) is 4.16. The molecule has 0 bridgehead atoms. The molecule has 1 aromatic heterocycles. The van der Waals surface area contributed by atoms with Crippen LogP contribution in [0.1, 0.15) is 24.3 Å². The van der Waals surface area contributed by atoms with Crippen LogP contribution in [0.15, 0.2) is 53.3 Å². The first-order valence-electron chi connectivity index (χ1n) is 9.19. The summed E-state index contributed by atoms with van der Waals surface area (Å²) in [7, 11) is 0. The fraction of sp³-hybridized carbons (Fsp3) is 0.238. The fourth-order valence-corrected chi connectivity index (χ4v) is 3.00. The maximum atomic E-state index is 13.1. The van der Waals surface area contributed by atoms with Crippen LogP contribution in [-0.2, 0) is 16.1 Å². The summed E-state index contributed by atoms with van der Waals surface area (Å²) in [5.41, 5.74) is 0.168. The summed E-state index contributed by atoms with van der Waals surface area (Å²) in [6.45, 7) is 3.60. The number of halogens is 1. The predicted octanol–water partition coefficient (Wildman–Crippen LogP) is 2.77. The topological polar surface area (TPSA) is 81.5 Å². The SMILES string of the molecule is CCN(C(=O)COC(=O)c1nn(CC)c(=O)c2ccccc12)c1ccc(F)cc1. The molecule has 0 N–H and O–H groups in total. The molecule has 0 saturated heterocycles. The maximum absolute atomic E-state index is 13.1. The molecule has 7 nitrogen and oxygen atoms in total. The Hall–Kier alpha value is -3.55. The first-order valence-corrected chi connectivity index (χ1v) is 9.19. The maximum Gasteiger partial charge on any atom is 0.359 e.